The molecule has 0 N–H and O–H groups in total. The highest BCUT2D eigenvalue weighted by Gasteiger charge is 2.31. The Balaban J connectivity index is 0.0000000975. The highest BCUT2D eigenvalue weighted by molar-refractivity contribution is 7.31. The van der Waals surface area contributed by atoms with Gasteiger partial charge in [0.05, 0.1) is 47.2 Å². The van der Waals surface area contributed by atoms with Crippen molar-refractivity contribution in [3.05, 3.63) is 420 Å². The lowest BCUT2D eigenvalue weighted by molar-refractivity contribution is 1.19. The van der Waals surface area contributed by atoms with Crippen molar-refractivity contribution in [2.24, 2.45) is 0 Å². The van der Waals surface area contributed by atoms with E-state index in [1.165, 1.54) is 260 Å². The fraction of sp³-hybridized carbons (Fsp3) is 0. The number of thiophene rings is 6. The standard InChI is InChI=1S/C46H25N3S2.C40H21N3S2.C40H23N3S2/c1-2-14-31-29(12-1)30-13-3-4-15-32(30)36-23-27(20-21-33(31)36)26-10-9-11-28(22-26)49-38-18-7-5-16-34(38)42-43(49)45-41(37-24-47-25-48-46(37)51-45)40-35-17-6-8-19-39(35)50-44(40)42;1-2-11-25-23(9-1)24-10-3-4-12-26(24)30-19-22(17-18-27(25)30)43-32-15-7-5-13-28(32)36-37(43)39-35(31-20-41-21-42-40(31)45-39)34-29-14-6-8-16-33(29)44-38(34)36;1-3-11-24(12-4-1)26-19-27(25-13-5-2-6-14-25)21-28(20-26)43-32-17-9-7-15-29(32)36-37(43)39-35(31-22-41-23-42-40(31)45-39)34-30-16-8-10-18-33(30)44-38(34)36/h1-25H;1-21H;1-23H. The summed E-state index contributed by atoms with van der Waals surface area (Å²) in [5.41, 5.74) is 18.0. The van der Waals surface area contributed by atoms with E-state index in [1.807, 2.05) is 52.6 Å². The molecule has 0 unspecified atom stereocenters. The first-order chi connectivity index (χ1) is 70.0. The number of rotatable bonds is 6. The molecule has 0 aliphatic rings. The van der Waals surface area contributed by atoms with Gasteiger partial charge in [0.1, 0.15) is 33.5 Å². The second kappa shape index (κ2) is 30.8. The number of hydrogen-bond donors (Lipinski definition) is 0. The van der Waals surface area contributed by atoms with Crippen LogP contribution in [0.2, 0.25) is 0 Å². The van der Waals surface area contributed by atoms with Crippen LogP contribution in [0, 0.1) is 0 Å². The lowest BCUT2D eigenvalue weighted by atomic mass is 9.92. The van der Waals surface area contributed by atoms with Crippen molar-refractivity contribution in [1.29, 1.82) is 0 Å². The average molecular weight is 1900 g/mol. The first-order valence-corrected chi connectivity index (χ1v) is 52.1. The third-order valence-corrected chi connectivity index (χ3v) is 36.1. The number of hydrogen-bond acceptors (Lipinski definition) is 12. The monoisotopic (exact) mass is 1900 g/mol. The molecule has 0 bridgehead atoms. The van der Waals surface area contributed by atoms with Gasteiger partial charge in [0, 0.05) is 161 Å². The normalized spacial score (nSPS) is 12.3. The van der Waals surface area contributed by atoms with Crippen LogP contribution >= 0.6 is 68.0 Å². The zero-order valence-electron chi connectivity index (χ0n) is 74.8. The summed E-state index contributed by atoms with van der Waals surface area (Å²) in [6.07, 6.45) is 11.0. The van der Waals surface area contributed by atoms with Gasteiger partial charge in [-0.2, -0.15) is 0 Å². The van der Waals surface area contributed by atoms with E-state index < -0.39 is 0 Å². The molecule has 654 valence electrons. The van der Waals surface area contributed by atoms with Crippen LogP contribution in [0.4, 0.5) is 0 Å². The summed E-state index contributed by atoms with van der Waals surface area (Å²) in [5, 5.41) is 38.1. The van der Waals surface area contributed by atoms with E-state index in [9.17, 15) is 0 Å². The molecule has 0 atom stereocenters. The van der Waals surface area contributed by atoms with E-state index in [4.69, 9.17) is 15.0 Å². The van der Waals surface area contributed by atoms with E-state index in [0.717, 1.165) is 42.0 Å². The Kier molecular flexibility index (Phi) is 17.3. The van der Waals surface area contributed by atoms with E-state index in [0.29, 0.717) is 0 Å². The van der Waals surface area contributed by atoms with Crippen LogP contribution in [0.5, 0.6) is 0 Å². The van der Waals surface area contributed by atoms with Crippen LogP contribution in [-0.4, -0.2) is 43.6 Å². The summed E-state index contributed by atoms with van der Waals surface area (Å²) in [6.45, 7) is 0. The summed E-state index contributed by atoms with van der Waals surface area (Å²) < 4.78 is 19.1. The van der Waals surface area contributed by atoms with Gasteiger partial charge < -0.3 is 13.7 Å². The number of nitrogens with zero attached hydrogens (tertiary/aromatic N) is 9. The number of para-hydroxylation sites is 3. The fourth-order valence-corrected chi connectivity index (χ4v) is 30.6. The number of benzene rings is 21. The number of aromatic nitrogens is 9. The van der Waals surface area contributed by atoms with Crippen molar-refractivity contribution in [2.75, 3.05) is 0 Å². The maximum Gasteiger partial charge on any atom is 0.127 e. The van der Waals surface area contributed by atoms with Crippen LogP contribution < -0.4 is 0 Å². The van der Waals surface area contributed by atoms with Gasteiger partial charge in [0.15, 0.2) is 0 Å². The van der Waals surface area contributed by atoms with E-state index >= 15 is 0 Å². The molecular formula is C126H69N9S6. The van der Waals surface area contributed by atoms with Gasteiger partial charge in [-0.15, -0.1) is 68.0 Å². The minimum Gasteiger partial charge on any atom is -0.308 e. The Morgan fingerprint density at radius 2 is 0.447 bits per heavy atom. The molecule has 21 aromatic carbocycles. The number of fused-ring (bicyclic) bond motifs is 48. The Labute approximate surface area is 826 Å². The summed E-state index contributed by atoms with van der Waals surface area (Å²) in [4.78, 5) is 30.8. The first kappa shape index (κ1) is 79.2. The molecule has 0 aliphatic carbocycles. The lowest BCUT2D eigenvalue weighted by Gasteiger charge is -2.14. The quantitative estimate of drug-likeness (QED) is 0.154. The van der Waals surface area contributed by atoms with Gasteiger partial charge in [0.25, 0.3) is 0 Å². The molecule has 15 heteroatoms. The van der Waals surface area contributed by atoms with Gasteiger partial charge in [-0.3, -0.25) is 0 Å². The summed E-state index contributed by atoms with van der Waals surface area (Å²) >= 11 is 11.0. The summed E-state index contributed by atoms with van der Waals surface area (Å²) in [7, 11) is 0. The van der Waals surface area contributed by atoms with Crippen molar-refractivity contribution in [3.8, 4) is 50.4 Å². The zero-order valence-corrected chi connectivity index (χ0v) is 79.7. The average Bonchev–Trinajstić information content (AvgIpc) is 1.54. The maximum absolute atomic E-state index is 4.77. The van der Waals surface area contributed by atoms with Gasteiger partial charge >= 0.3 is 0 Å². The Morgan fingerprint density at radius 1 is 0.163 bits per heavy atom. The SMILES string of the molecule is c1cc(-c2ccc3c4ccccc4c4ccccc4c3c2)cc(-n2c3ccccc3c3c4sc5ccccc5c4c4c5cncnc5sc4c32)c1.c1ccc(-c2cc(-c3ccccc3)cc(-n3c4ccccc4c4c5sc6ccccc6c5c5c6cncnc6sc5c43)c2)cc1.c1ccc2c(c1)sc1c2c2c3cncnc3sc2c2c1c1ccccc1n2-c1ccc2c3ccccc3c3ccccc3c2c1. The molecule has 0 fully saturated rings. The predicted octanol–water partition coefficient (Wildman–Crippen LogP) is 36.8. The topological polar surface area (TPSA) is 92.1 Å². The second-order valence-corrected chi connectivity index (χ2v) is 42.7. The molecule has 141 heavy (non-hydrogen) atoms. The molecule has 0 amide bonds. The van der Waals surface area contributed by atoms with E-state index in [1.54, 1.807) is 53.0 Å². The van der Waals surface area contributed by atoms with Crippen molar-refractivity contribution in [2.45, 2.75) is 0 Å². The Morgan fingerprint density at radius 3 is 0.837 bits per heavy atom. The van der Waals surface area contributed by atoms with Gasteiger partial charge in [-0.05, 0) is 183 Å². The third kappa shape index (κ3) is 11.6. The molecule has 9 nitrogen and oxygen atoms in total. The van der Waals surface area contributed by atoms with Crippen LogP contribution in [0.3, 0.4) is 0 Å². The highest BCUT2D eigenvalue weighted by atomic mass is 32.1. The lowest BCUT2D eigenvalue weighted by Crippen LogP contribution is -1.96. The molecule has 33 aromatic rings. The van der Waals surface area contributed by atoms with Gasteiger partial charge in [0.2, 0.25) is 0 Å². The maximum atomic E-state index is 4.77. The van der Waals surface area contributed by atoms with Crippen molar-refractivity contribution >= 4 is 319 Å². The summed E-state index contributed by atoms with van der Waals surface area (Å²) in [6, 6.07) is 140. The van der Waals surface area contributed by atoms with Crippen LogP contribution in [-0.2, 0) is 0 Å². The van der Waals surface area contributed by atoms with Crippen molar-refractivity contribution in [1.82, 2.24) is 43.6 Å². The van der Waals surface area contributed by atoms with E-state index in [-0.39, 0.29) is 0 Å². The molecular weight excluding hydrogens is 1830 g/mol. The molecule has 12 aromatic heterocycles. The summed E-state index contributed by atoms with van der Waals surface area (Å²) in [5.74, 6) is 0. The predicted molar refractivity (Wildman–Crippen MR) is 608 cm³/mol. The minimum absolute atomic E-state index is 1.02. The van der Waals surface area contributed by atoms with E-state index in [2.05, 4.69) is 411 Å². The van der Waals surface area contributed by atoms with Gasteiger partial charge in [-0.1, -0.05) is 297 Å². The smallest absolute Gasteiger partial charge is 0.127 e. The molecule has 0 radical (unpaired) electrons. The minimum atomic E-state index is 1.02. The van der Waals surface area contributed by atoms with Crippen LogP contribution in [0.1, 0.15) is 0 Å². The van der Waals surface area contributed by atoms with Crippen molar-refractivity contribution < 1.29 is 0 Å². The fourth-order valence-electron chi connectivity index (χ4n) is 23.3. The molecule has 12 heterocycles. The largest absolute Gasteiger partial charge is 0.308 e. The molecule has 0 saturated heterocycles. The van der Waals surface area contributed by atoms with Crippen LogP contribution in [0.25, 0.3) is 302 Å². The van der Waals surface area contributed by atoms with Crippen LogP contribution in [0.15, 0.2) is 420 Å². The highest BCUT2D eigenvalue weighted by Crippen LogP contribution is 2.58. The first-order valence-electron chi connectivity index (χ1n) is 47.2. The molecule has 0 saturated carbocycles. The Hall–Kier alpha value is -16.9. The second-order valence-electron chi connectivity index (χ2n) is 36.5. The zero-order chi connectivity index (χ0) is 91.9. The molecule has 0 spiro atoms. The Bertz CT molecular complexity index is 11100. The third-order valence-electron chi connectivity index (χ3n) is 29.2. The van der Waals surface area contributed by atoms with Gasteiger partial charge in [-0.25, -0.2) is 29.9 Å². The molecule has 0 aliphatic heterocycles. The molecule has 33 rings (SSSR count). The van der Waals surface area contributed by atoms with Crippen molar-refractivity contribution in [3.63, 3.8) is 0 Å².